The third kappa shape index (κ3) is 3.31. The molecule has 0 saturated carbocycles. The van der Waals surface area contributed by atoms with E-state index in [9.17, 15) is 0 Å². The quantitative estimate of drug-likeness (QED) is 0.626. The lowest BCUT2D eigenvalue weighted by molar-refractivity contribution is 0.705. The Morgan fingerprint density at radius 1 is 1.31 bits per heavy atom. The third-order valence-corrected chi connectivity index (χ3v) is 3.22. The molecule has 0 radical (unpaired) electrons. The summed E-state index contributed by atoms with van der Waals surface area (Å²) >= 11 is 6.02. The van der Waals surface area contributed by atoms with Gasteiger partial charge in [-0.1, -0.05) is 31.4 Å². The summed E-state index contributed by atoms with van der Waals surface area (Å²) in [5, 5.41) is 0.739. The molecule has 1 aromatic carbocycles. The van der Waals surface area contributed by atoms with Gasteiger partial charge in [-0.25, -0.2) is 0 Å². The highest BCUT2D eigenvalue weighted by atomic mass is 35.5. The van der Waals surface area contributed by atoms with E-state index in [1.54, 1.807) is 0 Å². The number of benzene rings is 1. The lowest BCUT2D eigenvalue weighted by atomic mass is 10.1. The van der Waals surface area contributed by atoms with E-state index in [1.807, 2.05) is 13.0 Å². The van der Waals surface area contributed by atoms with Crippen LogP contribution in [0.15, 0.2) is 12.1 Å². The number of hydrogen-bond acceptors (Lipinski definition) is 2. The zero-order valence-corrected chi connectivity index (χ0v) is 11.1. The van der Waals surface area contributed by atoms with Gasteiger partial charge in [-0.15, -0.1) is 0 Å². The largest absolute Gasteiger partial charge is 0.397 e. The summed E-state index contributed by atoms with van der Waals surface area (Å²) in [6.45, 7) is 5.26. The van der Waals surface area contributed by atoms with Crippen LogP contribution < -0.4 is 10.6 Å². The van der Waals surface area contributed by atoms with E-state index in [-0.39, 0.29) is 0 Å². The second-order valence-corrected chi connectivity index (χ2v) is 4.70. The molecule has 0 heterocycles. The smallest absolute Gasteiger partial charge is 0.0601 e. The van der Waals surface area contributed by atoms with Crippen molar-refractivity contribution in [1.82, 2.24) is 0 Å². The molecular formula is C13H21ClN2. The maximum atomic E-state index is 6.02. The number of unbranched alkanes of at least 4 members (excludes halogenated alkanes) is 2. The number of halogens is 1. The van der Waals surface area contributed by atoms with Gasteiger partial charge in [0.05, 0.1) is 11.4 Å². The zero-order chi connectivity index (χ0) is 12.1. The molecular weight excluding hydrogens is 220 g/mol. The van der Waals surface area contributed by atoms with Crippen LogP contribution in [0.25, 0.3) is 0 Å². The van der Waals surface area contributed by atoms with E-state index >= 15 is 0 Å². The molecule has 0 atom stereocenters. The molecule has 0 aliphatic carbocycles. The molecule has 0 aromatic heterocycles. The molecule has 0 saturated heterocycles. The van der Waals surface area contributed by atoms with Crippen LogP contribution >= 0.6 is 11.6 Å². The highest BCUT2D eigenvalue weighted by molar-refractivity contribution is 6.31. The second kappa shape index (κ2) is 6.00. The summed E-state index contributed by atoms with van der Waals surface area (Å²) in [5.41, 5.74) is 8.89. The summed E-state index contributed by atoms with van der Waals surface area (Å²) in [6.07, 6.45) is 3.70. The number of hydrogen-bond donors (Lipinski definition) is 1. The van der Waals surface area contributed by atoms with E-state index in [1.165, 1.54) is 19.3 Å². The fourth-order valence-electron chi connectivity index (χ4n) is 1.73. The van der Waals surface area contributed by atoms with Crippen LogP contribution in [0.2, 0.25) is 5.02 Å². The molecule has 90 valence electrons. The minimum absolute atomic E-state index is 0.739. The average Bonchev–Trinajstić information content (AvgIpc) is 2.23. The zero-order valence-electron chi connectivity index (χ0n) is 10.4. The van der Waals surface area contributed by atoms with Crippen molar-refractivity contribution in [1.29, 1.82) is 0 Å². The lowest BCUT2D eigenvalue weighted by Crippen LogP contribution is -2.19. The summed E-state index contributed by atoms with van der Waals surface area (Å²) in [5.74, 6) is 0. The molecule has 0 unspecified atom stereocenters. The average molecular weight is 241 g/mol. The van der Waals surface area contributed by atoms with Crippen molar-refractivity contribution < 1.29 is 0 Å². The Hall–Kier alpha value is -0.890. The van der Waals surface area contributed by atoms with Gasteiger partial charge in [0.15, 0.2) is 0 Å². The van der Waals surface area contributed by atoms with E-state index in [4.69, 9.17) is 17.3 Å². The van der Waals surface area contributed by atoms with Gasteiger partial charge in [0, 0.05) is 18.6 Å². The predicted molar refractivity (Wildman–Crippen MR) is 73.4 cm³/mol. The minimum atomic E-state index is 0.739. The van der Waals surface area contributed by atoms with Crippen molar-refractivity contribution in [2.24, 2.45) is 0 Å². The molecule has 16 heavy (non-hydrogen) atoms. The fourth-order valence-corrected chi connectivity index (χ4v) is 1.90. The Morgan fingerprint density at radius 2 is 2.00 bits per heavy atom. The van der Waals surface area contributed by atoms with Crippen molar-refractivity contribution in [3.63, 3.8) is 0 Å². The number of nitrogens with zero attached hydrogens (tertiary/aromatic N) is 1. The monoisotopic (exact) mass is 240 g/mol. The molecule has 0 bridgehead atoms. The van der Waals surface area contributed by atoms with Gasteiger partial charge in [0.2, 0.25) is 0 Å². The Kier molecular flexibility index (Phi) is 4.94. The highest BCUT2D eigenvalue weighted by Crippen LogP contribution is 2.29. The molecule has 0 aliphatic rings. The van der Waals surface area contributed by atoms with Gasteiger partial charge in [-0.2, -0.15) is 0 Å². The SMILES string of the molecule is CCCCCN(C)c1cc(C)c(Cl)cc1N. The molecule has 0 amide bonds. The van der Waals surface area contributed by atoms with Crippen molar-refractivity contribution in [3.8, 4) is 0 Å². The molecule has 2 N–H and O–H groups in total. The Labute approximate surface area is 103 Å². The predicted octanol–water partition coefficient (Wildman–Crippen LogP) is 3.86. The lowest BCUT2D eigenvalue weighted by Gasteiger charge is -2.22. The fraction of sp³-hybridized carbons (Fsp3) is 0.538. The molecule has 1 aromatic rings. The maximum absolute atomic E-state index is 6.02. The number of anilines is 2. The standard InChI is InChI=1S/C13H21ClN2/c1-4-5-6-7-16(3)13-8-10(2)11(14)9-12(13)15/h8-9H,4-7,15H2,1-3H3. The van der Waals surface area contributed by atoms with Crippen LogP contribution in [-0.4, -0.2) is 13.6 Å². The molecule has 1 rings (SSSR count). The van der Waals surface area contributed by atoms with Crippen LogP contribution in [0.1, 0.15) is 31.7 Å². The maximum Gasteiger partial charge on any atom is 0.0601 e. The molecule has 0 spiro atoms. The molecule has 0 aliphatic heterocycles. The first-order valence-corrected chi connectivity index (χ1v) is 6.20. The van der Waals surface area contributed by atoms with Gasteiger partial charge in [0.25, 0.3) is 0 Å². The highest BCUT2D eigenvalue weighted by Gasteiger charge is 2.07. The van der Waals surface area contributed by atoms with Crippen molar-refractivity contribution >= 4 is 23.0 Å². The van der Waals surface area contributed by atoms with Crippen LogP contribution in [0.5, 0.6) is 0 Å². The van der Waals surface area contributed by atoms with Gasteiger partial charge in [-0.3, -0.25) is 0 Å². The first-order valence-electron chi connectivity index (χ1n) is 5.83. The first-order chi connectivity index (χ1) is 7.56. The molecule has 3 heteroatoms. The van der Waals surface area contributed by atoms with Gasteiger partial charge in [-0.05, 0) is 31.0 Å². The van der Waals surface area contributed by atoms with E-state index < -0.39 is 0 Å². The van der Waals surface area contributed by atoms with E-state index in [2.05, 4.69) is 24.9 Å². The Morgan fingerprint density at radius 3 is 2.62 bits per heavy atom. The Balaban J connectivity index is 2.75. The summed E-state index contributed by atoms with van der Waals surface area (Å²) in [6, 6.07) is 3.89. The normalized spacial score (nSPS) is 10.5. The number of nitrogens with two attached hydrogens (primary N) is 1. The van der Waals surface area contributed by atoms with Gasteiger partial charge >= 0.3 is 0 Å². The number of aryl methyl sites for hydroxylation is 1. The summed E-state index contributed by atoms with van der Waals surface area (Å²) in [4.78, 5) is 2.20. The minimum Gasteiger partial charge on any atom is -0.397 e. The number of nitrogen functional groups attached to an aromatic ring is 1. The summed E-state index contributed by atoms with van der Waals surface area (Å²) < 4.78 is 0. The van der Waals surface area contributed by atoms with Crippen LogP contribution in [-0.2, 0) is 0 Å². The third-order valence-electron chi connectivity index (χ3n) is 2.82. The molecule has 2 nitrogen and oxygen atoms in total. The first kappa shape index (κ1) is 13.2. The van der Waals surface area contributed by atoms with Crippen molar-refractivity contribution in [2.45, 2.75) is 33.1 Å². The van der Waals surface area contributed by atoms with Crippen LogP contribution in [0.3, 0.4) is 0 Å². The van der Waals surface area contributed by atoms with E-state index in [0.29, 0.717) is 0 Å². The van der Waals surface area contributed by atoms with Crippen LogP contribution in [0.4, 0.5) is 11.4 Å². The van der Waals surface area contributed by atoms with Gasteiger partial charge < -0.3 is 10.6 Å². The molecule has 0 fully saturated rings. The number of rotatable bonds is 5. The Bertz CT molecular complexity index is 350. The van der Waals surface area contributed by atoms with Crippen molar-refractivity contribution in [3.05, 3.63) is 22.7 Å². The second-order valence-electron chi connectivity index (χ2n) is 4.29. The summed E-state index contributed by atoms with van der Waals surface area (Å²) in [7, 11) is 2.08. The van der Waals surface area contributed by atoms with E-state index in [0.717, 1.165) is 28.5 Å². The topological polar surface area (TPSA) is 29.3 Å². The van der Waals surface area contributed by atoms with Gasteiger partial charge in [0.1, 0.15) is 0 Å². The van der Waals surface area contributed by atoms with Crippen LogP contribution in [0, 0.1) is 6.92 Å². The van der Waals surface area contributed by atoms with Crippen molar-refractivity contribution in [2.75, 3.05) is 24.2 Å².